The van der Waals surface area contributed by atoms with E-state index in [9.17, 15) is 9.90 Å². The minimum atomic E-state index is -0.0240. The van der Waals surface area contributed by atoms with Crippen LogP contribution in [0.5, 0.6) is 5.75 Å². The summed E-state index contributed by atoms with van der Waals surface area (Å²) in [4.78, 5) is 17.1. The molecule has 4 rings (SSSR count). The van der Waals surface area contributed by atoms with Gasteiger partial charge in [-0.15, -0.1) is 0 Å². The van der Waals surface area contributed by atoms with Crippen LogP contribution in [0.3, 0.4) is 0 Å². The molecule has 1 saturated heterocycles. The summed E-state index contributed by atoms with van der Waals surface area (Å²) in [6, 6.07) is 25.9. The third-order valence-electron chi connectivity index (χ3n) is 5.85. The van der Waals surface area contributed by atoms with Gasteiger partial charge in [-0.05, 0) is 42.3 Å². The zero-order valence-corrected chi connectivity index (χ0v) is 17.9. The van der Waals surface area contributed by atoms with E-state index in [1.54, 1.807) is 12.1 Å². The Morgan fingerprint density at radius 3 is 2.13 bits per heavy atom. The van der Waals surface area contributed by atoms with Crippen molar-refractivity contribution >= 4 is 11.6 Å². The van der Waals surface area contributed by atoms with Crippen molar-refractivity contribution in [2.24, 2.45) is 0 Å². The van der Waals surface area contributed by atoms with Crippen LogP contribution in [0.4, 0.5) is 5.69 Å². The summed E-state index contributed by atoms with van der Waals surface area (Å²) in [5, 5.41) is 13.0. The van der Waals surface area contributed by atoms with Crippen molar-refractivity contribution in [3.05, 3.63) is 95.6 Å². The van der Waals surface area contributed by atoms with Gasteiger partial charge in [0.2, 0.25) is 5.91 Å². The zero-order valence-electron chi connectivity index (χ0n) is 17.9. The normalized spacial score (nSPS) is 15.0. The number of carbonyl (C=O) groups excluding carboxylic acids is 1. The number of anilines is 1. The van der Waals surface area contributed by atoms with Gasteiger partial charge in [-0.25, -0.2) is 0 Å². The summed E-state index contributed by atoms with van der Waals surface area (Å²) in [7, 11) is 0. The van der Waals surface area contributed by atoms with E-state index < -0.39 is 0 Å². The summed E-state index contributed by atoms with van der Waals surface area (Å²) in [6.45, 7) is 5.35. The molecule has 31 heavy (non-hydrogen) atoms. The molecule has 1 aliphatic rings. The van der Waals surface area contributed by atoms with E-state index in [2.05, 4.69) is 53.5 Å². The average molecular weight is 416 g/mol. The number of hydrogen-bond donors (Lipinski definition) is 2. The van der Waals surface area contributed by atoms with Crippen LogP contribution in [0.15, 0.2) is 78.9 Å². The van der Waals surface area contributed by atoms with Gasteiger partial charge in [0.15, 0.2) is 0 Å². The van der Waals surface area contributed by atoms with Crippen LogP contribution in [0.1, 0.15) is 22.7 Å². The largest absolute Gasteiger partial charge is 0.508 e. The molecule has 3 aromatic carbocycles. The maximum Gasteiger partial charge on any atom is 0.236 e. The van der Waals surface area contributed by atoms with Gasteiger partial charge in [0.1, 0.15) is 5.75 Å². The number of aryl methyl sites for hydroxylation is 1. The van der Waals surface area contributed by atoms with Gasteiger partial charge in [0.05, 0.1) is 12.6 Å². The van der Waals surface area contributed by atoms with Gasteiger partial charge in [0, 0.05) is 31.9 Å². The highest BCUT2D eigenvalue weighted by Crippen LogP contribution is 2.23. The number of benzene rings is 3. The van der Waals surface area contributed by atoms with Crippen LogP contribution in [-0.2, 0) is 4.79 Å². The van der Waals surface area contributed by atoms with E-state index in [4.69, 9.17) is 0 Å². The summed E-state index contributed by atoms with van der Waals surface area (Å²) in [5.41, 5.74) is 4.60. The van der Waals surface area contributed by atoms with Crippen molar-refractivity contribution in [1.82, 2.24) is 10.2 Å². The van der Waals surface area contributed by atoms with Gasteiger partial charge < -0.3 is 14.9 Å². The lowest BCUT2D eigenvalue weighted by Gasteiger charge is -2.36. The van der Waals surface area contributed by atoms with Gasteiger partial charge in [0.25, 0.3) is 0 Å². The van der Waals surface area contributed by atoms with E-state index in [1.165, 1.54) is 5.56 Å². The summed E-state index contributed by atoms with van der Waals surface area (Å²) < 4.78 is 0. The Labute approximate surface area is 183 Å². The SMILES string of the molecule is Cc1ccc([C@@H](NCC(=O)N2CCN(c3ccc(O)cc3)CC2)c2ccccc2)cc1. The number of nitrogens with zero attached hydrogens (tertiary/aromatic N) is 2. The Balaban J connectivity index is 1.37. The molecule has 1 atom stereocenters. The molecule has 0 unspecified atom stereocenters. The number of rotatable bonds is 6. The highest BCUT2D eigenvalue weighted by atomic mass is 16.3. The molecule has 0 saturated carbocycles. The lowest BCUT2D eigenvalue weighted by Crippen LogP contribution is -2.51. The highest BCUT2D eigenvalue weighted by molar-refractivity contribution is 5.78. The topological polar surface area (TPSA) is 55.8 Å². The fourth-order valence-electron chi connectivity index (χ4n) is 4.01. The van der Waals surface area contributed by atoms with Gasteiger partial charge in [-0.1, -0.05) is 60.2 Å². The first-order valence-electron chi connectivity index (χ1n) is 10.8. The maximum atomic E-state index is 12.9. The number of phenolic OH excluding ortho intramolecular Hbond substituents is 1. The molecule has 1 amide bonds. The molecule has 1 aliphatic heterocycles. The molecule has 2 N–H and O–H groups in total. The fourth-order valence-corrected chi connectivity index (χ4v) is 4.01. The summed E-state index contributed by atoms with van der Waals surface area (Å²) >= 11 is 0. The minimum Gasteiger partial charge on any atom is -0.508 e. The summed E-state index contributed by atoms with van der Waals surface area (Å²) in [6.07, 6.45) is 0. The molecule has 3 aromatic rings. The van der Waals surface area contributed by atoms with Crippen LogP contribution in [0, 0.1) is 6.92 Å². The molecule has 5 nitrogen and oxygen atoms in total. The Hall–Kier alpha value is -3.31. The molecule has 0 spiro atoms. The quantitative estimate of drug-likeness (QED) is 0.644. The van der Waals surface area contributed by atoms with Crippen LogP contribution >= 0.6 is 0 Å². The van der Waals surface area contributed by atoms with Crippen molar-refractivity contribution in [3.63, 3.8) is 0 Å². The maximum absolute atomic E-state index is 12.9. The van der Waals surface area contributed by atoms with E-state index in [1.807, 2.05) is 35.2 Å². The Morgan fingerprint density at radius 2 is 1.48 bits per heavy atom. The molecule has 0 bridgehead atoms. The minimum absolute atomic E-state index is 0.0240. The Morgan fingerprint density at radius 1 is 0.871 bits per heavy atom. The second-order valence-electron chi connectivity index (χ2n) is 8.02. The second-order valence-corrected chi connectivity index (χ2v) is 8.02. The number of amides is 1. The molecule has 0 aromatic heterocycles. The number of carbonyl (C=O) groups is 1. The van der Waals surface area contributed by atoms with Gasteiger partial charge in [-0.2, -0.15) is 0 Å². The molecule has 0 radical (unpaired) electrons. The summed E-state index contributed by atoms with van der Waals surface area (Å²) in [5.74, 6) is 0.392. The van der Waals surface area contributed by atoms with Crippen LogP contribution in [0.25, 0.3) is 0 Å². The highest BCUT2D eigenvalue weighted by Gasteiger charge is 2.22. The van der Waals surface area contributed by atoms with Crippen molar-refractivity contribution in [3.8, 4) is 5.75 Å². The first kappa shape index (κ1) is 20.9. The van der Waals surface area contributed by atoms with Gasteiger partial charge in [-0.3, -0.25) is 10.1 Å². The molecular formula is C26H29N3O2. The molecule has 5 heteroatoms. The lowest BCUT2D eigenvalue weighted by molar-refractivity contribution is -0.130. The second kappa shape index (κ2) is 9.67. The lowest BCUT2D eigenvalue weighted by atomic mass is 9.98. The van der Waals surface area contributed by atoms with Crippen molar-refractivity contribution in [1.29, 1.82) is 0 Å². The van der Waals surface area contributed by atoms with E-state index >= 15 is 0 Å². The Kier molecular flexibility index (Phi) is 6.53. The van der Waals surface area contributed by atoms with E-state index in [-0.39, 0.29) is 17.7 Å². The van der Waals surface area contributed by atoms with Crippen LogP contribution in [0.2, 0.25) is 0 Å². The smallest absolute Gasteiger partial charge is 0.236 e. The average Bonchev–Trinajstić information content (AvgIpc) is 2.81. The van der Waals surface area contributed by atoms with Crippen molar-refractivity contribution in [2.45, 2.75) is 13.0 Å². The van der Waals surface area contributed by atoms with Gasteiger partial charge >= 0.3 is 0 Å². The number of nitrogens with one attached hydrogen (secondary N) is 1. The third-order valence-corrected chi connectivity index (χ3v) is 5.85. The van der Waals surface area contributed by atoms with E-state index in [0.29, 0.717) is 19.6 Å². The number of aromatic hydroxyl groups is 1. The fraction of sp³-hybridized carbons (Fsp3) is 0.269. The van der Waals surface area contributed by atoms with Crippen LogP contribution < -0.4 is 10.2 Å². The number of phenols is 1. The molecule has 160 valence electrons. The zero-order chi connectivity index (χ0) is 21.6. The monoisotopic (exact) mass is 415 g/mol. The molecule has 1 heterocycles. The number of piperazine rings is 1. The van der Waals surface area contributed by atoms with Crippen molar-refractivity contribution < 1.29 is 9.90 Å². The number of hydrogen-bond acceptors (Lipinski definition) is 4. The predicted molar refractivity (Wildman–Crippen MR) is 124 cm³/mol. The van der Waals surface area contributed by atoms with E-state index in [0.717, 1.165) is 29.9 Å². The molecule has 0 aliphatic carbocycles. The predicted octanol–water partition coefficient (Wildman–Crippen LogP) is 3.73. The first-order chi connectivity index (χ1) is 15.1. The standard InChI is InChI=1S/C26H29N3O2/c1-20-7-9-22(10-8-20)26(21-5-3-2-4-6-21)27-19-25(31)29-17-15-28(16-18-29)23-11-13-24(30)14-12-23/h2-14,26-27,30H,15-19H2,1H3/t26-/m0/s1. The van der Waals surface area contributed by atoms with Crippen molar-refractivity contribution in [2.75, 3.05) is 37.6 Å². The molecular weight excluding hydrogens is 386 g/mol. The first-order valence-corrected chi connectivity index (χ1v) is 10.8. The molecule has 1 fully saturated rings. The Bertz CT molecular complexity index is 979. The third kappa shape index (κ3) is 5.25. The van der Waals surface area contributed by atoms with Crippen LogP contribution in [-0.4, -0.2) is 48.6 Å².